The molecule has 1 amide bonds. The van der Waals surface area contributed by atoms with Crippen LogP contribution in [0.4, 0.5) is 4.79 Å². The Bertz CT molecular complexity index is 187. The van der Waals surface area contributed by atoms with E-state index in [9.17, 15) is 4.79 Å². The van der Waals surface area contributed by atoms with Gasteiger partial charge < -0.3 is 15.3 Å². The summed E-state index contributed by atoms with van der Waals surface area (Å²) >= 11 is 0. The Balaban J connectivity index is 2.19. The minimum atomic E-state index is -0.903. The van der Waals surface area contributed by atoms with Gasteiger partial charge in [-0.3, -0.25) is 0 Å². The summed E-state index contributed by atoms with van der Waals surface area (Å²) in [7, 11) is 4.22. The average Bonchev–Trinajstić information content (AvgIpc) is 2.15. The van der Waals surface area contributed by atoms with Crippen molar-refractivity contribution < 1.29 is 9.90 Å². The van der Waals surface area contributed by atoms with Crippen LogP contribution in [0, 0.1) is 5.92 Å². The minimum absolute atomic E-state index is 0.544. The Hall–Kier alpha value is -0.770. The van der Waals surface area contributed by atoms with Crippen LogP contribution >= 0.6 is 0 Å². The fourth-order valence-corrected chi connectivity index (χ4v) is 2.10. The zero-order chi connectivity index (χ0) is 10.6. The maximum Gasteiger partial charge on any atom is 0.404 e. The van der Waals surface area contributed by atoms with Gasteiger partial charge in [-0.05, 0) is 45.7 Å². The third kappa shape index (κ3) is 3.54. The summed E-state index contributed by atoms with van der Waals surface area (Å²) in [4.78, 5) is 12.6. The van der Waals surface area contributed by atoms with Crippen LogP contribution < -0.4 is 5.32 Å². The molecule has 0 spiro atoms. The molecule has 0 radical (unpaired) electrons. The highest BCUT2D eigenvalue weighted by Gasteiger charge is 2.22. The van der Waals surface area contributed by atoms with Gasteiger partial charge in [0.2, 0.25) is 0 Å². The summed E-state index contributed by atoms with van der Waals surface area (Å²) in [5.74, 6) is 0.544. The smallest absolute Gasteiger partial charge is 0.404 e. The summed E-state index contributed by atoms with van der Waals surface area (Å²) in [6.45, 7) is 0.621. The topological polar surface area (TPSA) is 52.6 Å². The first-order valence-corrected chi connectivity index (χ1v) is 5.23. The van der Waals surface area contributed by atoms with E-state index in [-0.39, 0.29) is 0 Å². The van der Waals surface area contributed by atoms with Gasteiger partial charge in [-0.2, -0.15) is 0 Å². The van der Waals surface area contributed by atoms with Gasteiger partial charge in [0.05, 0.1) is 0 Å². The standard InChI is InChI=1S/C10H20N2O2/c1-12(2)9-5-3-8(4-6-9)7-11-10(13)14/h8-9,11H,3-7H2,1-2H3,(H,13,14)/t8-,9-. The number of carbonyl (C=O) groups is 1. The third-order valence-electron chi connectivity index (χ3n) is 3.09. The molecule has 0 heterocycles. The SMILES string of the molecule is CN(C)[C@H]1CC[C@H](CNC(=O)O)CC1. The fourth-order valence-electron chi connectivity index (χ4n) is 2.10. The first kappa shape index (κ1) is 11.3. The van der Waals surface area contributed by atoms with Gasteiger partial charge in [0.25, 0.3) is 0 Å². The lowest BCUT2D eigenvalue weighted by atomic mass is 9.85. The molecule has 2 N–H and O–H groups in total. The Morgan fingerprint density at radius 3 is 2.36 bits per heavy atom. The number of hydrogen-bond acceptors (Lipinski definition) is 2. The predicted molar refractivity (Wildman–Crippen MR) is 55.5 cm³/mol. The Kier molecular flexibility index (Phi) is 4.20. The lowest BCUT2D eigenvalue weighted by Gasteiger charge is -2.32. The maximum atomic E-state index is 10.3. The number of rotatable bonds is 3. The second-order valence-electron chi connectivity index (χ2n) is 4.32. The van der Waals surface area contributed by atoms with Crippen molar-refractivity contribution in [2.75, 3.05) is 20.6 Å². The van der Waals surface area contributed by atoms with Crippen LogP contribution in [0.25, 0.3) is 0 Å². The highest BCUT2D eigenvalue weighted by molar-refractivity contribution is 5.64. The van der Waals surface area contributed by atoms with E-state index in [1.807, 2.05) is 0 Å². The van der Waals surface area contributed by atoms with Crippen LogP contribution in [0.15, 0.2) is 0 Å². The molecule has 0 bridgehead atoms. The molecule has 4 heteroatoms. The van der Waals surface area contributed by atoms with Crippen LogP contribution in [-0.2, 0) is 0 Å². The zero-order valence-electron chi connectivity index (χ0n) is 8.99. The fraction of sp³-hybridized carbons (Fsp3) is 0.900. The summed E-state index contributed by atoms with van der Waals surface area (Å²) in [5, 5.41) is 10.9. The minimum Gasteiger partial charge on any atom is -0.465 e. The van der Waals surface area contributed by atoms with Crippen LogP contribution in [0.5, 0.6) is 0 Å². The average molecular weight is 200 g/mol. The van der Waals surface area contributed by atoms with Crippen molar-refractivity contribution in [2.45, 2.75) is 31.7 Å². The van der Waals surface area contributed by atoms with E-state index in [1.54, 1.807) is 0 Å². The monoisotopic (exact) mass is 200 g/mol. The van der Waals surface area contributed by atoms with Crippen molar-refractivity contribution in [2.24, 2.45) is 5.92 Å². The van der Waals surface area contributed by atoms with Crippen molar-refractivity contribution in [3.63, 3.8) is 0 Å². The number of hydrogen-bond donors (Lipinski definition) is 2. The third-order valence-corrected chi connectivity index (χ3v) is 3.09. The molecule has 4 nitrogen and oxygen atoms in total. The molecule has 1 aliphatic carbocycles. The highest BCUT2D eigenvalue weighted by Crippen LogP contribution is 2.25. The molecule has 82 valence electrons. The summed E-state index contributed by atoms with van der Waals surface area (Å²) in [6, 6.07) is 0.691. The zero-order valence-corrected chi connectivity index (χ0v) is 8.99. The molecule has 0 saturated heterocycles. The van der Waals surface area contributed by atoms with Crippen LogP contribution in [0.2, 0.25) is 0 Å². The molecule has 0 aromatic heterocycles. The van der Waals surface area contributed by atoms with Gasteiger partial charge in [-0.1, -0.05) is 0 Å². The molecule has 0 aromatic rings. The Labute approximate surface area is 85.3 Å². The van der Waals surface area contributed by atoms with Crippen LogP contribution in [0.3, 0.4) is 0 Å². The molecule has 0 aromatic carbocycles. The van der Waals surface area contributed by atoms with E-state index in [1.165, 1.54) is 12.8 Å². The molecule has 1 aliphatic rings. The Morgan fingerprint density at radius 2 is 1.93 bits per heavy atom. The van der Waals surface area contributed by atoms with E-state index in [0.717, 1.165) is 12.8 Å². The molecule has 0 aliphatic heterocycles. The molecule has 1 rings (SSSR count). The first-order chi connectivity index (χ1) is 6.59. The van der Waals surface area contributed by atoms with E-state index >= 15 is 0 Å². The number of amides is 1. The van der Waals surface area contributed by atoms with Gasteiger partial charge in [-0.15, -0.1) is 0 Å². The van der Waals surface area contributed by atoms with Crippen molar-refractivity contribution in [1.29, 1.82) is 0 Å². The number of carboxylic acid groups (broad SMARTS) is 1. The van der Waals surface area contributed by atoms with Gasteiger partial charge >= 0.3 is 6.09 Å². The summed E-state index contributed by atoms with van der Waals surface area (Å²) in [6.07, 6.45) is 3.77. The molecule has 0 unspecified atom stereocenters. The largest absolute Gasteiger partial charge is 0.465 e. The van der Waals surface area contributed by atoms with Gasteiger partial charge in [0.15, 0.2) is 0 Å². The lowest BCUT2D eigenvalue weighted by Crippen LogP contribution is -2.36. The normalized spacial score (nSPS) is 27.6. The summed E-state index contributed by atoms with van der Waals surface area (Å²) in [5.41, 5.74) is 0. The second-order valence-corrected chi connectivity index (χ2v) is 4.32. The van der Waals surface area contributed by atoms with E-state index in [0.29, 0.717) is 18.5 Å². The number of nitrogens with zero attached hydrogens (tertiary/aromatic N) is 1. The quantitative estimate of drug-likeness (QED) is 0.723. The van der Waals surface area contributed by atoms with Gasteiger partial charge in [0.1, 0.15) is 0 Å². The van der Waals surface area contributed by atoms with Crippen molar-refractivity contribution in [3.05, 3.63) is 0 Å². The first-order valence-electron chi connectivity index (χ1n) is 5.23. The van der Waals surface area contributed by atoms with E-state index < -0.39 is 6.09 Å². The second kappa shape index (κ2) is 5.20. The van der Waals surface area contributed by atoms with Crippen LogP contribution in [-0.4, -0.2) is 42.8 Å². The van der Waals surface area contributed by atoms with Crippen LogP contribution in [0.1, 0.15) is 25.7 Å². The van der Waals surface area contributed by atoms with Gasteiger partial charge in [0, 0.05) is 12.6 Å². The van der Waals surface area contributed by atoms with E-state index in [2.05, 4.69) is 24.3 Å². The van der Waals surface area contributed by atoms with E-state index in [4.69, 9.17) is 5.11 Å². The summed E-state index contributed by atoms with van der Waals surface area (Å²) < 4.78 is 0. The molecule has 14 heavy (non-hydrogen) atoms. The number of nitrogens with one attached hydrogen (secondary N) is 1. The predicted octanol–water partition coefficient (Wildman–Crippen LogP) is 1.37. The van der Waals surface area contributed by atoms with Crippen molar-refractivity contribution in [1.82, 2.24) is 10.2 Å². The van der Waals surface area contributed by atoms with Crippen molar-refractivity contribution in [3.8, 4) is 0 Å². The highest BCUT2D eigenvalue weighted by atomic mass is 16.4. The molecular formula is C10H20N2O2. The molecule has 1 saturated carbocycles. The lowest BCUT2D eigenvalue weighted by molar-refractivity contribution is 0.176. The van der Waals surface area contributed by atoms with Crippen molar-refractivity contribution >= 4 is 6.09 Å². The molecule has 0 atom stereocenters. The van der Waals surface area contributed by atoms with Gasteiger partial charge in [-0.25, -0.2) is 4.79 Å². The Morgan fingerprint density at radius 1 is 1.36 bits per heavy atom. The molecular weight excluding hydrogens is 180 g/mol. The molecule has 1 fully saturated rings. The maximum absolute atomic E-state index is 10.3.